The topological polar surface area (TPSA) is 384 Å². The number of carbonyl (C=O) groups is 10. The third-order valence-corrected chi connectivity index (χ3v) is 12.7. The Morgan fingerprint density at radius 1 is 0.551 bits per heavy atom. The Morgan fingerprint density at radius 2 is 1.06 bits per heavy atom. The number of H-pyrrole nitrogens is 2. The molecule has 2 aromatic carbocycles. The van der Waals surface area contributed by atoms with E-state index in [-0.39, 0.29) is 50.4 Å². The van der Waals surface area contributed by atoms with Gasteiger partial charge >= 0.3 is 5.97 Å². The number of hydrogen-bond acceptors (Lipinski definition) is 12. The summed E-state index contributed by atoms with van der Waals surface area (Å²) in [6.45, 7) is 13.4. The third kappa shape index (κ3) is 19.8. The molecule has 15 N–H and O–H groups in total. The Bertz CT molecular complexity index is 2690. The molecule has 424 valence electrons. The van der Waals surface area contributed by atoms with E-state index in [0.29, 0.717) is 11.3 Å². The quantitative estimate of drug-likeness (QED) is 0.0322. The number of carbonyl (C=O) groups excluding carboxylic acids is 9. The number of aromatic nitrogens is 3. The van der Waals surface area contributed by atoms with Crippen LogP contribution in [0.4, 0.5) is 0 Å². The van der Waals surface area contributed by atoms with Gasteiger partial charge < -0.3 is 69.1 Å². The van der Waals surface area contributed by atoms with Gasteiger partial charge in [0.2, 0.25) is 53.2 Å². The van der Waals surface area contributed by atoms with E-state index in [2.05, 4.69) is 57.5 Å². The van der Waals surface area contributed by atoms with Gasteiger partial charge in [0.05, 0.1) is 12.4 Å². The van der Waals surface area contributed by atoms with Crippen LogP contribution < -0.4 is 54.0 Å². The van der Waals surface area contributed by atoms with E-state index in [9.17, 15) is 53.1 Å². The van der Waals surface area contributed by atoms with Gasteiger partial charge in [0, 0.05) is 48.3 Å². The molecule has 0 spiro atoms. The first-order valence-electron chi connectivity index (χ1n) is 26.1. The molecule has 0 saturated heterocycles. The van der Waals surface area contributed by atoms with Crippen LogP contribution in [0.1, 0.15) is 97.9 Å². The molecule has 0 aliphatic rings. The molecule has 78 heavy (non-hydrogen) atoms. The Kier molecular flexibility index (Phi) is 24.0. The summed E-state index contributed by atoms with van der Waals surface area (Å²) < 4.78 is 0. The monoisotopic (exact) mass is 1080 g/mol. The Labute approximate surface area is 453 Å². The van der Waals surface area contributed by atoms with E-state index >= 15 is 0 Å². The molecule has 0 fully saturated rings. The van der Waals surface area contributed by atoms with Crippen LogP contribution in [0, 0.1) is 17.8 Å². The molecule has 2 aromatic heterocycles. The van der Waals surface area contributed by atoms with Crippen LogP contribution >= 0.6 is 0 Å². The molecule has 0 aliphatic heterocycles. The van der Waals surface area contributed by atoms with E-state index in [4.69, 9.17) is 11.5 Å². The molecule has 24 nitrogen and oxygen atoms in total. The second kappa shape index (κ2) is 30.0. The van der Waals surface area contributed by atoms with Crippen molar-refractivity contribution in [1.29, 1.82) is 0 Å². The number of rotatable bonds is 31. The Morgan fingerprint density at radius 3 is 1.67 bits per heavy atom. The van der Waals surface area contributed by atoms with Crippen molar-refractivity contribution in [2.24, 2.45) is 29.2 Å². The van der Waals surface area contributed by atoms with Crippen LogP contribution in [0.25, 0.3) is 10.9 Å². The minimum absolute atomic E-state index is 0.0189. The van der Waals surface area contributed by atoms with Crippen LogP contribution in [-0.2, 0) is 67.2 Å². The second-order valence-electron chi connectivity index (χ2n) is 20.7. The lowest BCUT2D eigenvalue weighted by Gasteiger charge is -2.28. The number of aliphatic carboxylic acids is 1. The van der Waals surface area contributed by atoms with Gasteiger partial charge in [-0.25, -0.2) is 4.98 Å². The summed E-state index contributed by atoms with van der Waals surface area (Å²) in [6, 6.07) is 4.93. The van der Waals surface area contributed by atoms with E-state index < -0.39 is 126 Å². The van der Waals surface area contributed by atoms with Gasteiger partial charge in [-0.3, -0.25) is 47.9 Å². The van der Waals surface area contributed by atoms with Crippen LogP contribution in [0.15, 0.2) is 73.3 Å². The van der Waals surface area contributed by atoms with Crippen LogP contribution in [0.2, 0.25) is 0 Å². The first kappa shape index (κ1) is 62.4. The van der Waals surface area contributed by atoms with Crippen molar-refractivity contribution < 1.29 is 53.1 Å². The van der Waals surface area contributed by atoms with Gasteiger partial charge in [0.1, 0.15) is 48.3 Å². The zero-order valence-electron chi connectivity index (χ0n) is 45.4. The summed E-state index contributed by atoms with van der Waals surface area (Å²) in [7, 11) is 0. The summed E-state index contributed by atoms with van der Waals surface area (Å²) in [5.41, 5.74) is 14.3. The lowest BCUT2D eigenvalue weighted by Crippen LogP contribution is -2.60. The maximum absolute atomic E-state index is 14.2. The van der Waals surface area contributed by atoms with Gasteiger partial charge in [-0.1, -0.05) is 90.1 Å². The second-order valence-corrected chi connectivity index (χ2v) is 20.7. The minimum atomic E-state index is -1.43. The average Bonchev–Trinajstić information content (AvgIpc) is 4.06. The summed E-state index contributed by atoms with van der Waals surface area (Å²) in [4.78, 5) is 144. The van der Waals surface area contributed by atoms with Gasteiger partial charge in [0.15, 0.2) is 0 Å². The fourth-order valence-corrected chi connectivity index (χ4v) is 8.43. The molecule has 0 aliphatic carbocycles. The highest BCUT2D eigenvalue weighted by Gasteiger charge is 2.35. The zero-order chi connectivity index (χ0) is 57.8. The molecule has 4 aromatic rings. The summed E-state index contributed by atoms with van der Waals surface area (Å²) in [6.07, 6.45) is 3.99. The number of carboxylic acid groups (broad SMARTS) is 1. The molecular formula is C54H77N13O11. The molecule has 0 bridgehead atoms. The summed E-state index contributed by atoms with van der Waals surface area (Å²) in [5.74, 6) is -8.81. The number of fused-ring (bicyclic) bond motifs is 1. The van der Waals surface area contributed by atoms with E-state index in [1.54, 1.807) is 62.5 Å². The highest BCUT2D eigenvalue weighted by molar-refractivity contribution is 5.98. The van der Waals surface area contributed by atoms with Crippen molar-refractivity contribution in [1.82, 2.24) is 57.5 Å². The smallest absolute Gasteiger partial charge is 0.303 e. The largest absolute Gasteiger partial charge is 0.481 e. The average molecular weight is 1080 g/mol. The number of amides is 9. The molecular weight excluding hydrogens is 1010 g/mol. The number of nitrogens with two attached hydrogens (primary N) is 2. The number of nitrogens with one attached hydrogen (secondary N) is 10. The summed E-state index contributed by atoms with van der Waals surface area (Å²) in [5, 5.41) is 31.3. The van der Waals surface area contributed by atoms with Crippen molar-refractivity contribution in [2.75, 3.05) is 0 Å². The lowest BCUT2D eigenvalue weighted by molar-refractivity contribution is -0.138. The van der Waals surface area contributed by atoms with Crippen molar-refractivity contribution in [3.8, 4) is 0 Å². The van der Waals surface area contributed by atoms with Gasteiger partial charge in [-0.15, -0.1) is 0 Å². The number of para-hydroxylation sites is 1. The van der Waals surface area contributed by atoms with Crippen molar-refractivity contribution in [3.63, 3.8) is 0 Å². The first-order valence-corrected chi connectivity index (χ1v) is 26.1. The predicted octanol–water partition coefficient (Wildman–Crippen LogP) is 0.263. The fraction of sp³-hybridized carbons (Fsp3) is 0.500. The molecule has 0 radical (unpaired) electrons. The fourth-order valence-electron chi connectivity index (χ4n) is 8.43. The number of imidazole rings is 1. The van der Waals surface area contributed by atoms with E-state index in [1.807, 2.05) is 39.8 Å². The maximum atomic E-state index is 14.2. The Balaban J connectivity index is 1.47. The van der Waals surface area contributed by atoms with Gasteiger partial charge in [-0.05, 0) is 74.5 Å². The van der Waals surface area contributed by atoms with Crippen molar-refractivity contribution in [2.45, 2.75) is 155 Å². The van der Waals surface area contributed by atoms with Crippen molar-refractivity contribution >= 4 is 70.0 Å². The lowest BCUT2D eigenvalue weighted by atomic mass is 9.99. The third-order valence-electron chi connectivity index (χ3n) is 12.7. The first-order chi connectivity index (χ1) is 36.8. The van der Waals surface area contributed by atoms with Crippen LogP contribution in [0.3, 0.4) is 0 Å². The molecule has 0 saturated carbocycles. The van der Waals surface area contributed by atoms with E-state index in [0.717, 1.165) is 16.5 Å². The molecule has 24 heteroatoms. The molecule has 9 atom stereocenters. The Hall–Kier alpha value is -8.15. The standard InChI is InChI=1S/C54H77N13O11/c1-28(2)20-40(46(56)70)63-52(76)41(21-29(3)4)65-53(77)43(24-35-26-57-27-59-35)64-47(71)31(7)61-54(78)45(30(5)6)67-48(72)32(8)60-51(75)42(23-34-25-58-38-17-13-12-16-36(34)38)66-50(74)39(18-19-44(68)69)62-49(73)37(55)22-33-14-10-9-11-15-33/h9-17,25-32,37,39-43,45,58H,18-24,55H2,1-8H3,(H2,56,70)(H,57,59)(H,60,75)(H,61,78)(H,62,73)(H,63,76)(H,64,71)(H,65,77)(H,66,74)(H,67,72)(H,68,69)/t31-,32?,37-,39?,40?,41?,42?,43?,45?/m1/s1. The number of aromatic amines is 2. The number of carboxylic acids is 1. The highest BCUT2D eigenvalue weighted by atomic mass is 16.4. The SMILES string of the molecule is CC(C)CC(NC(=O)C(CC(C)C)NC(=O)C(Cc1cnc[nH]1)NC(=O)[C@@H](C)NC(=O)C(NC(=O)C(C)NC(=O)C(Cc1c[nH]c2ccccc12)NC(=O)C(CCC(=O)O)NC(=O)[C@H](N)Cc1ccccc1)C(C)C)C(N)=O. The van der Waals surface area contributed by atoms with Crippen LogP contribution in [-0.4, -0.2) is 134 Å². The summed E-state index contributed by atoms with van der Waals surface area (Å²) >= 11 is 0. The minimum Gasteiger partial charge on any atom is -0.481 e. The maximum Gasteiger partial charge on any atom is 0.303 e. The predicted molar refractivity (Wildman–Crippen MR) is 289 cm³/mol. The number of benzene rings is 2. The molecule has 2 heterocycles. The number of primary amides is 1. The van der Waals surface area contributed by atoms with Crippen molar-refractivity contribution in [3.05, 3.63) is 90.1 Å². The van der Waals surface area contributed by atoms with Gasteiger partial charge in [-0.2, -0.15) is 0 Å². The van der Waals surface area contributed by atoms with E-state index in [1.165, 1.54) is 26.4 Å². The number of hydrogen-bond donors (Lipinski definition) is 13. The van der Waals surface area contributed by atoms with Gasteiger partial charge in [0.25, 0.3) is 0 Å². The number of nitrogens with zero attached hydrogens (tertiary/aromatic N) is 1. The highest BCUT2D eigenvalue weighted by Crippen LogP contribution is 2.20. The van der Waals surface area contributed by atoms with Crippen LogP contribution in [0.5, 0.6) is 0 Å². The zero-order valence-corrected chi connectivity index (χ0v) is 45.4. The molecule has 4 rings (SSSR count). The molecule has 9 amide bonds. The molecule has 7 unspecified atom stereocenters. The normalized spacial score (nSPS) is 14.8.